The van der Waals surface area contributed by atoms with E-state index in [0.717, 1.165) is 22.5 Å². The summed E-state index contributed by atoms with van der Waals surface area (Å²) >= 11 is 0. The van der Waals surface area contributed by atoms with Crippen LogP contribution in [0.5, 0.6) is 0 Å². The molecule has 0 saturated heterocycles. The molecule has 0 fully saturated rings. The molecule has 0 bridgehead atoms. The molecule has 0 unspecified atom stereocenters. The topological polar surface area (TPSA) is 76.4 Å². The number of hydrogen-bond donors (Lipinski definition) is 1. The molecule has 25 heavy (non-hydrogen) atoms. The molecule has 0 aliphatic heterocycles. The molecule has 0 saturated carbocycles. The average molecular weight is 330 g/mol. The van der Waals surface area contributed by atoms with Gasteiger partial charge in [-0.05, 0) is 17.7 Å². The SMILES string of the molecule is [C-]#[N+]c1ccc(Cn2cnc(=NCc3ccco3)c3[nH]cnc32)cc1. The maximum atomic E-state index is 7.02. The van der Waals surface area contributed by atoms with Crippen LogP contribution in [0.2, 0.25) is 0 Å². The highest BCUT2D eigenvalue weighted by Gasteiger charge is 2.06. The van der Waals surface area contributed by atoms with Crippen LogP contribution in [-0.4, -0.2) is 19.5 Å². The third-order valence-electron chi connectivity index (χ3n) is 3.82. The Kier molecular flexibility index (Phi) is 3.85. The normalized spacial score (nSPS) is 11.7. The highest BCUT2D eigenvalue weighted by Crippen LogP contribution is 2.14. The number of aromatic amines is 1. The Labute approximate surface area is 143 Å². The third-order valence-corrected chi connectivity index (χ3v) is 3.82. The van der Waals surface area contributed by atoms with Gasteiger partial charge in [-0.3, -0.25) is 4.99 Å². The Morgan fingerprint density at radius 1 is 1.20 bits per heavy atom. The summed E-state index contributed by atoms with van der Waals surface area (Å²) in [7, 11) is 0. The number of nitrogens with zero attached hydrogens (tertiary/aromatic N) is 5. The van der Waals surface area contributed by atoms with Crippen LogP contribution < -0.4 is 5.49 Å². The van der Waals surface area contributed by atoms with E-state index in [1.165, 1.54) is 0 Å². The minimum absolute atomic E-state index is 0.427. The van der Waals surface area contributed by atoms with Crippen molar-refractivity contribution in [1.29, 1.82) is 0 Å². The summed E-state index contributed by atoms with van der Waals surface area (Å²) in [5, 5.41) is 0. The number of H-pyrrole nitrogens is 1. The third kappa shape index (κ3) is 3.05. The standard InChI is InChI=1S/C18H14N6O/c1-19-14-6-4-13(5-7-14)10-24-12-23-17(16-18(24)22-11-21-16)20-9-15-3-2-8-25-15/h2-8,11-12H,9-10H2,(H,21,22). The van der Waals surface area contributed by atoms with Gasteiger partial charge in [-0.15, -0.1) is 0 Å². The molecule has 1 aromatic carbocycles. The zero-order valence-corrected chi connectivity index (χ0v) is 13.3. The van der Waals surface area contributed by atoms with Gasteiger partial charge >= 0.3 is 0 Å². The van der Waals surface area contributed by atoms with E-state index in [0.29, 0.717) is 24.3 Å². The number of imidazole rings is 1. The van der Waals surface area contributed by atoms with Gasteiger partial charge in [0.1, 0.15) is 11.3 Å². The maximum Gasteiger partial charge on any atom is 0.187 e. The van der Waals surface area contributed by atoms with Crippen molar-refractivity contribution in [1.82, 2.24) is 19.5 Å². The molecule has 3 aromatic heterocycles. The van der Waals surface area contributed by atoms with E-state index in [1.807, 2.05) is 41.0 Å². The lowest BCUT2D eigenvalue weighted by Crippen LogP contribution is -2.15. The second kappa shape index (κ2) is 6.45. The fraction of sp³-hybridized carbons (Fsp3) is 0.111. The van der Waals surface area contributed by atoms with Gasteiger partial charge < -0.3 is 14.0 Å². The molecule has 7 heteroatoms. The highest BCUT2D eigenvalue weighted by atomic mass is 16.3. The first-order valence-corrected chi connectivity index (χ1v) is 7.71. The number of rotatable bonds is 4. The predicted octanol–water partition coefficient (Wildman–Crippen LogP) is 3.05. The zero-order valence-electron chi connectivity index (χ0n) is 13.3. The van der Waals surface area contributed by atoms with Crippen molar-refractivity contribution in [2.45, 2.75) is 13.1 Å². The molecular weight excluding hydrogens is 316 g/mol. The lowest BCUT2D eigenvalue weighted by Gasteiger charge is -2.07. The largest absolute Gasteiger partial charge is 0.467 e. The monoisotopic (exact) mass is 330 g/mol. The first kappa shape index (κ1) is 14.9. The Hall–Kier alpha value is -3.66. The van der Waals surface area contributed by atoms with Gasteiger partial charge in [0.2, 0.25) is 0 Å². The van der Waals surface area contributed by atoms with E-state index in [-0.39, 0.29) is 0 Å². The molecule has 0 radical (unpaired) electrons. The first-order chi connectivity index (χ1) is 12.3. The Morgan fingerprint density at radius 2 is 2.08 bits per heavy atom. The molecular formula is C18H14N6O. The van der Waals surface area contributed by atoms with Gasteiger partial charge in [-0.2, -0.15) is 0 Å². The number of hydrogen-bond acceptors (Lipinski definition) is 4. The predicted molar refractivity (Wildman–Crippen MR) is 91.7 cm³/mol. The van der Waals surface area contributed by atoms with Gasteiger partial charge in [-0.25, -0.2) is 14.8 Å². The lowest BCUT2D eigenvalue weighted by molar-refractivity contribution is 0.510. The van der Waals surface area contributed by atoms with Crippen molar-refractivity contribution in [3.05, 3.63) is 83.5 Å². The molecule has 4 rings (SSSR count). The van der Waals surface area contributed by atoms with Crippen molar-refractivity contribution in [3.63, 3.8) is 0 Å². The Morgan fingerprint density at radius 3 is 2.84 bits per heavy atom. The summed E-state index contributed by atoms with van der Waals surface area (Å²) in [6.07, 6.45) is 4.99. The van der Waals surface area contributed by atoms with E-state index < -0.39 is 0 Å². The van der Waals surface area contributed by atoms with Gasteiger partial charge in [-0.1, -0.05) is 24.3 Å². The summed E-state index contributed by atoms with van der Waals surface area (Å²) in [5.41, 5.74) is 3.87. The van der Waals surface area contributed by atoms with E-state index >= 15 is 0 Å². The van der Waals surface area contributed by atoms with Crippen LogP contribution in [0.15, 0.2) is 64.7 Å². The van der Waals surface area contributed by atoms with Crippen LogP contribution in [0.1, 0.15) is 11.3 Å². The molecule has 7 nitrogen and oxygen atoms in total. The molecule has 0 aliphatic carbocycles. The molecule has 122 valence electrons. The van der Waals surface area contributed by atoms with Crippen molar-refractivity contribution in [3.8, 4) is 0 Å². The van der Waals surface area contributed by atoms with Crippen molar-refractivity contribution >= 4 is 16.9 Å². The molecule has 3 heterocycles. The van der Waals surface area contributed by atoms with Crippen molar-refractivity contribution < 1.29 is 4.42 Å². The second-order valence-electron chi connectivity index (χ2n) is 5.47. The molecule has 0 amide bonds. The first-order valence-electron chi connectivity index (χ1n) is 7.71. The molecule has 1 N–H and O–H groups in total. The number of nitrogens with one attached hydrogen (secondary N) is 1. The Bertz CT molecular complexity index is 1100. The smallest absolute Gasteiger partial charge is 0.187 e. The molecule has 4 aromatic rings. The minimum Gasteiger partial charge on any atom is -0.467 e. The molecule has 0 aliphatic rings. The highest BCUT2D eigenvalue weighted by molar-refractivity contribution is 5.68. The minimum atomic E-state index is 0.427. The lowest BCUT2D eigenvalue weighted by atomic mass is 10.2. The van der Waals surface area contributed by atoms with Gasteiger partial charge in [0.25, 0.3) is 0 Å². The van der Waals surface area contributed by atoms with Crippen LogP contribution in [0, 0.1) is 6.57 Å². The number of aromatic nitrogens is 4. The van der Waals surface area contributed by atoms with Gasteiger partial charge in [0.15, 0.2) is 16.8 Å². The molecule has 0 spiro atoms. The maximum absolute atomic E-state index is 7.02. The van der Waals surface area contributed by atoms with Crippen LogP contribution >= 0.6 is 0 Å². The average Bonchev–Trinajstić information content (AvgIpc) is 3.33. The zero-order chi connectivity index (χ0) is 17.1. The quantitative estimate of drug-likeness (QED) is 0.584. The number of fused-ring (bicyclic) bond motifs is 1. The Balaban J connectivity index is 1.67. The number of furan rings is 1. The summed E-state index contributed by atoms with van der Waals surface area (Å²) in [5.74, 6) is 0.783. The van der Waals surface area contributed by atoms with Crippen LogP contribution in [0.3, 0.4) is 0 Å². The van der Waals surface area contributed by atoms with E-state index in [4.69, 9.17) is 11.0 Å². The van der Waals surface area contributed by atoms with Crippen molar-refractivity contribution in [2.75, 3.05) is 0 Å². The molecule has 0 atom stereocenters. The fourth-order valence-electron chi connectivity index (χ4n) is 2.58. The van der Waals surface area contributed by atoms with Gasteiger partial charge in [0.05, 0.1) is 38.6 Å². The van der Waals surface area contributed by atoms with E-state index in [1.54, 1.807) is 18.9 Å². The number of benzene rings is 1. The van der Waals surface area contributed by atoms with Crippen molar-refractivity contribution in [2.24, 2.45) is 4.99 Å². The summed E-state index contributed by atoms with van der Waals surface area (Å²) in [4.78, 5) is 19.8. The second-order valence-corrected chi connectivity index (χ2v) is 5.47. The van der Waals surface area contributed by atoms with Crippen LogP contribution in [-0.2, 0) is 13.1 Å². The van der Waals surface area contributed by atoms with E-state index in [9.17, 15) is 0 Å². The summed E-state index contributed by atoms with van der Waals surface area (Å²) < 4.78 is 7.25. The van der Waals surface area contributed by atoms with Crippen LogP contribution in [0.4, 0.5) is 5.69 Å². The summed E-state index contributed by atoms with van der Waals surface area (Å²) in [6, 6.07) is 11.2. The fourth-order valence-corrected chi connectivity index (χ4v) is 2.58. The van der Waals surface area contributed by atoms with E-state index in [2.05, 4.69) is 24.8 Å². The summed E-state index contributed by atoms with van der Waals surface area (Å²) in [6.45, 7) is 8.06. The van der Waals surface area contributed by atoms with Crippen LogP contribution in [0.25, 0.3) is 16.0 Å². The van der Waals surface area contributed by atoms with Gasteiger partial charge in [0, 0.05) is 0 Å².